The van der Waals surface area contributed by atoms with Crippen LogP contribution in [0, 0.1) is 0 Å². The van der Waals surface area contributed by atoms with E-state index in [0.29, 0.717) is 6.04 Å². The molecule has 2 nitrogen and oxygen atoms in total. The van der Waals surface area contributed by atoms with Crippen molar-refractivity contribution >= 4 is 22.6 Å². The number of halogens is 1. The second kappa shape index (κ2) is 3.88. The van der Waals surface area contributed by atoms with Crippen LogP contribution in [0.5, 0.6) is 0 Å². The lowest BCUT2D eigenvalue weighted by molar-refractivity contribution is 0.200. The molecular weight excluding hydrogens is 239 g/mol. The molecule has 0 spiro atoms. The number of rotatable bonds is 1. The van der Waals surface area contributed by atoms with Crippen molar-refractivity contribution in [2.45, 2.75) is 35.6 Å². The average molecular weight is 254 g/mol. The van der Waals surface area contributed by atoms with Crippen LogP contribution in [0.1, 0.15) is 25.7 Å². The maximum absolute atomic E-state index is 5.64. The molecule has 1 aliphatic rings. The molecule has 0 amide bonds. The van der Waals surface area contributed by atoms with E-state index in [2.05, 4.69) is 22.6 Å². The Kier molecular flexibility index (Phi) is 3.39. The minimum atomic E-state index is 0.644. The van der Waals surface area contributed by atoms with Gasteiger partial charge in [0.15, 0.2) is 0 Å². The van der Waals surface area contributed by atoms with E-state index in [1.807, 2.05) is 12.1 Å². The third-order valence-corrected chi connectivity index (χ3v) is 3.45. The lowest BCUT2D eigenvalue weighted by atomic mass is 9.95. The van der Waals surface area contributed by atoms with E-state index < -0.39 is 0 Å². The maximum atomic E-state index is 5.64. The molecule has 3 heteroatoms. The van der Waals surface area contributed by atoms with Crippen LogP contribution < -0.4 is 5.84 Å². The van der Waals surface area contributed by atoms with Gasteiger partial charge in [0.25, 0.3) is 0 Å². The van der Waals surface area contributed by atoms with Gasteiger partial charge in [-0.15, -0.1) is 0 Å². The van der Waals surface area contributed by atoms with Crippen molar-refractivity contribution in [3.8, 4) is 0 Å². The first-order chi connectivity index (χ1) is 4.70. The van der Waals surface area contributed by atoms with Gasteiger partial charge in [-0.25, -0.2) is 5.01 Å². The highest BCUT2D eigenvalue weighted by molar-refractivity contribution is 14.1. The number of hydrogen-bond acceptors (Lipinski definition) is 2. The molecule has 0 aliphatic heterocycles. The Morgan fingerprint density at radius 2 is 1.80 bits per heavy atom. The van der Waals surface area contributed by atoms with E-state index in [1.54, 1.807) is 0 Å². The molecule has 1 rings (SSSR count). The number of nitrogens with two attached hydrogens (primary N) is 1. The van der Waals surface area contributed by atoms with E-state index in [4.69, 9.17) is 5.84 Å². The fourth-order valence-electron chi connectivity index (χ4n) is 1.44. The molecule has 0 aromatic carbocycles. The van der Waals surface area contributed by atoms with Crippen molar-refractivity contribution in [2.24, 2.45) is 5.84 Å². The Balaban J connectivity index is 2.26. The Morgan fingerprint density at radius 3 is 2.20 bits per heavy atom. The first-order valence-corrected chi connectivity index (χ1v) is 5.06. The Labute approximate surface area is 76.3 Å². The summed E-state index contributed by atoms with van der Waals surface area (Å²) in [5.74, 6) is 5.64. The van der Waals surface area contributed by atoms with Gasteiger partial charge in [0.2, 0.25) is 0 Å². The first kappa shape index (κ1) is 8.74. The van der Waals surface area contributed by atoms with Crippen molar-refractivity contribution in [1.29, 1.82) is 0 Å². The smallest absolute Gasteiger partial charge is 0.0238 e. The van der Waals surface area contributed by atoms with Gasteiger partial charge in [-0.2, -0.15) is 0 Å². The second-order valence-corrected chi connectivity index (χ2v) is 4.83. The number of hydrazine groups is 1. The molecule has 0 radical (unpaired) electrons. The number of alkyl halides is 1. The average Bonchev–Trinajstić information content (AvgIpc) is 1.88. The normalized spacial score (nSPS) is 34.8. The molecule has 0 unspecified atom stereocenters. The molecule has 0 aromatic rings. The molecule has 1 fully saturated rings. The van der Waals surface area contributed by atoms with Crippen LogP contribution in [0.15, 0.2) is 0 Å². The van der Waals surface area contributed by atoms with Crippen LogP contribution in [0.2, 0.25) is 0 Å². The zero-order valence-electron chi connectivity index (χ0n) is 6.39. The van der Waals surface area contributed by atoms with E-state index in [-0.39, 0.29) is 0 Å². The summed E-state index contributed by atoms with van der Waals surface area (Å²) in [5, 5.41) is 1.86. The minimum absolute atomic E-state index is 0.644. The summed E-state index contributed by atoms with van der Waals surface area (Å²) in [6.45, 7) is 0. The van der Waals surface area contributed by atoms with Gasteiger partial charge in [0.1, 0.15) is 0 Å². The highest BCUT2D eigenvalue weighted by Crippen LogP contribution is 2.25. The molecule has 0 bridgehead atoms. The lowest BCUT2D eigenvalue weighted by Gasteiger charge is -2.29. The van der Waals surface area contributed by atoms with Crippen molar-refractivity contribution in [2.75, 3.05) is 7.05 Å². The summed E-state index contributed by atoms with van der Waals surface area (Å²) in [7, 11) is 1.97. The fraction of sp³-hybridized carbons (Fsp3) is 1.00. The standard InChI is InChI=1S/C7H15IN2/c1-10(9)7-4-2-6(8)3-5-7/h6-7H,2-5,9H2,1H3. The van der Waals surface area contributed by atoms with Crippen molar-refractivity contribution in [1.82, 2.24) is 5.01 Å². The molecule has 10 heavy (non-hydrogen) atoms. The van der Waals surface area contributed by atoms with E-state index in [0.717, 1.165) is 3.92 Å². The van der Waals surface area contributed by atoms with Crippen molar-refractivity contribution in [3.63, 3.8) is 0 Å². The third kappa shape index (κ3) is 2.36. The summed E-state index contributed by atoms with van der Waals surface area (Å²) in [6, 6.07) is 0.644. The number of nitrogens with zero attached hydrogens (tertiary/aromatic N) is 1. The van der Waals surface area contributed by atoms with Gasteiger partial charge in [-0.1, -0.05) is 22.6 Å². The van der Waals surface area contributed by atoms with Crippen LogP contribution in [0.3, 0.4) is 0 Å². The topological polar surface area (TPSA) is 29.3 Å². The molecular formula is C7H15IN2. The molecule has 1 aliphatic carbocycles. The van der Waals surface area contributed by atoms with Gasteiger partial charge in [0, 0.05) is 17.0 Å². The third-order valence-electron chi connectivity index (χ3n) is 2.20. The molecule has 0 saturated heterocycles. The van der Waals surface area contributed by atoms with Gasteiger partial charge in [-0.3, -0.25) is 5.84 Å². The van der Waals surface area contributed by atoms with Crippen LogP contribution in [0.25, 0.3) is 0 Å². The van der Waals surface area contributed by atoms with Crippen LogP contribution in [0.4, 0.5) is 0 Å². The molecule has 0 atom stereocenters. The van der Waals surface area contributed by atoms with E-state index in [9.17, 15) is 0 Å². The van der Waals surface area contributed by atoms with Gasteiger partial charge < -0.3 is 0 Å². The Morgan fingerprint density at radius 1 is 1.30 bits per heavy atom. The van der Waals surface area contributed by atoms with Crippen LogP contribution >= 0.6 is 22.6 Å². The van der Waals surface area contributed by atoms with Gasteiger partial charge in [-0.05, 0) is 25.7 Å². The highest BCUT2D eigenvalue weighted by Gasteiger charge is 2.20. The predicted molar refractivity (Wildman–Crippen MR) is 52.0 cm³/mol. The van der Waals surface area contributed by atoms with E-state index in [1.165, 1.54) is 25.7 Å². The summed E-state index contributed by atoms with van der Waals surface area (Å²) in [4.78, 5) is 0. The lowest BCUT2D eigenvalue weighted by Crippen LogP contribution is -2.39. The quantitative estimate of drug-likeness (QED) is 0.333. The second-order valence-electron chi connectivity index (χ2n) is 3.07. The SMILES string of the molecule is CN(N)C1CCC(I)CC1. The van der Waals surface area contributed by atoms with Crippen LogP contribution in [-0.2, 0) is 0 Å². The predicted octanol–water partition coefficient (Wildman–Crippen LogP) is 1.54. The fourth-order valence-corrected chi connectivity index (χ4v) is 2.16. The van der Waals surface area contributed by atoms with Gasteiger partial charge >= 0.3 is 0 Å². The zero-order chi connectivity index (χ0) is 7.56. The molecule has 0 heterocycles. The zero-order valence-corrected chi connectivity index (χ0v) is 8.54. The summed E-state index contributed by atoms with van der Waals surface area (Å²) in [5.41, 5.74) is 0. The molecule has 2 N–H and O–H groups in total. The monoisotopic (exact) mass is 254 g/mol. The maximum Gasteiger partial charge on any atom is 0.0238 e. The molecule has 60 valence electrons. The number of hydrogen-bond donors (Lipinski definition) is 1. The van der Waals surface area contributed by atoms with Crippen molar-refractivity contribution < 1.29 is 0 Å². The summed E-state index contributed by atoms with van der Waals surface area (Å²) >= 11 is 2.53. The Bertz CT molecular complexity index is 97.8. The molecule has 0 aromatic heterocycles. The highest BCUT2D eigenvalue weighted by atomic mass is 127. The summed E-state index contributed by atoms with van der Waals surface area (Å²) < 4.78 is 0.897. The largest absolute Gasteiger partial charge is 0.269 e. The van der Waals surface area contributed by atoms with E-state index >= 15 is 0 Å². The van der Waals surface area contributed by atoms with Crippen molar-refractivity contribution in [3.05, 3.63) is 0 Å². The van der Waals surface area contributed by atoms with Gasteiger partial charge in [0.05, 0.1) is 0 Å². The first-order valence-electron chi connectivity index (χ1n) is 3.81. The Hall–Kier alpha value is 0.650. The van der Waals surface area contributed by atoms with Crippen LogP contribution in [-0.4, -0.2) is 22.0 Å². The summed E-state index contributed by atoms with van der Waals surface area (Å²) in [6.07, 6.45) is 5.24. The minimum Gasteiger partial charge on any atom is -0.269 e. The molecule has 1 saturated carbocycles.